The molecule has 28 heavy (non-hydrogen) atoms. The van der Waals surface area contributed by atoms with E-state index in [1.165, 1.54) is 76.5 Å². The summed E-state index contributed by atoms with van der Waals surface area (Å²) in [6.07, 6.45) is 20.5. The Morgan fingerprint density at radius 1 is 1.00 bits per heavy atom. The van der Waals surface area contributed by atoms with Gasteiger partial charge < -0.3 is 5.32 Å². The number of likely N-dealkylation sites (N-methyl/N-ethyl adjacent to an activating group) is 1. The Labute approximate surface area is 174 Å². The van der Waals surface area contributed by atoms with Gasteiger partial charge in [0.05, 0.1) is 19.6 Å². The summed E-state index contributed by atoms with van der Waals surface area (Å²) in [6.45, 7) is 11.0. The van der Waals surface area contributed by atoms with Crippen LogP contribution in [0.4, 0.5) is 0 Å². The Balaban J connectivity index is 2.09. The molecule has 0 fully saturated rings. The zero-order valence-corrected chi connectivity index (χ0v) is 19.0. The molecule has 0 saturated carbocycles. The lowest BCUT2D eigenvalue weighted by Crippen LogP contribution is -2.54. The molecule has 0 aromatic carbocycles. The molecule has 1 aliphatic heterocycles. The van der Waals surface area contributed by atoms with Gasteiger partial charge >= 0.3 is 0 Å². The number of hydrogen-bond donors (Lipinski definition) is 1. The number of carbonyl (C=O) groups is 1. The van der Waals surface area contributed by atoms with E-state index in [-0.39, 0.29) is 5.91 Å². The number of rotatable bonds is 17. The maximum atomic E-state index is 11.1. The lowest BCUT2D eigenvalue weighted by Gasteiger charge is -2.33. The number of amides is 1. The van der Waals surface area contributed by atoms with Gasteiger partial charge in [-0.15, -0.1) is 0 Å². The number of carbonyl (C=O) groups excluding carboxylic acids is 1. The van der Waals surface area contributed by atoms with E-state index in [2.05, 4.69) is 31.3 Å². The highest BCUT2D eigenvalue weighted by molar-refractivity contribution is 5.77. The van der Waals surface area contributed by atoms with Crippen LogP contribution in [0.25, 0.3) is 0 Å². The second-order valence-electron chi connectivity index (χ2n) is 8.32. The van der Waals surface area contributed by atoms with Crippen molar-refractivity contribution in [3.63, 3.8) is 0 Å². The number of amidine groups is 1. The number of quaternary nitrogens is 1. The number of nitrogens with zero attached hydrogens (tertiary/aromatic N) is 2. The molecule has 1 rings (SSSR count). The quantitative estimate of drug-likeness (QED) is 0.195. The van der Waals surface area contributed by atoms with Crippen molar-refractivity contribution in [2.45, 2.75) is 97.8 Å². The Kier molecular flexibility index (Phi) is 14.0. The van der Waals surface area contributed by atoms with Gasteiger partial charge in [0.15, 0.2) is 5.84 Å². The van der Waals surface area contributed by atoms with Crippen molar-refractivity contribution in [1.82, 2.24) is 5.32 Å². The van der Waals surface area contributed by atoms with Gasteiger partial charge in [-0.2, -0.15) is 0 Å². The van der Waals surface area contributed by atoms with Crippen molar-refractivity contribution in [2.75, 3.05) is 32.7 Å². The zero-order chi connectivity index (χ0) is 20.5. The minimum atomic E-state index is 0.0671. The van der Waals surface area contributed by atoms with Gasteiger partial charge in [0.2, 0.25) is 5.91 Å². The molecule has 0 aliphatic carbocycles. The molecule has 1 atom stereocenters. The smallest absolute Gasteiger partial charge is 0.217 e. The lowest BCUT2D eigenvalue weighted by atomic mass is 10.1. The highest BCUT2D eigenvalue weighted by Crippen LogP contribution is 2.19. The fraction of sp³-hybridized carbons (Fsp3) is 0.833. The number of hydrogen-bond acceptors (Lipinski definition) is 2. The predicted molar refractivity (Wildman–Crippen MR) is 122 cm³/mol. The van der Waals surface area contributed by atoms with E-state index >= 15 is 0 Å². The maximum absolute atomic E-state index is 11.1. The zero-order valence-electron chi connectivity index (χ0n) is 19.0. The summed E-state index contributed by atoms with van der Waals surface area (Å²) in [4.78, 5) is 16.0. The molecule has 0 saturated heterocycles. The fourth-order valence-corrected chi connectivity index (χ4v) is 4.15. The minimum Gasteiger partial charge on any atom is -0.351 e. The van der Waals surface area contributed by atoms with Gasteiger partial charge in [0, 0.05) is 13.3 Å². The van der Waals surface area contributed by atoms with E-state index < -0.39 is 0 Å². The van der Waals surface area contributed by atoms with Crippen molar-refractivity contribution >= 4 is 11.7 Å². The Hall–Kier alpha value is -1.16. The first-order chi connectivity index (χ1) is 13.6. The SMILES string of the molecule is CCCCCCC/C=C/CCCCCCC1=NCC[N+]1(CC)CCNC(C)=O. The van der Waals surface area contributed by atoms with Gasteiger partial charge in [0.1, 0.15) is 13.1 Å². The van der Waals surface area contributed by atoms with Crippen LogP contribution >= 0.6 is 0 Å². The Bertz CT molecular complexity index is 472. The van der Waals surface area contributed by atoms with Crippen LogP contribution in [-0.2, 0) is 4.79 Å². The van der Waals surface area contributed by atoms with Crippen LogP contribution in [0.2, 0.25) is 0 Å². The molecule has 0 bridgehead atoms. The Morgan fingerprint density at radius 3 is 2.25 bits per heavy atom. The van der Waals surface area contributed by atoms with Crippen LogP contribution in [0.15, 0.2) is 17.1 Å². The topological polar surface area (TPSA) is 41.5 Å². The largest absolute Gasteiger partial charge is 0.351 e. The predicted octanol–water partition coefficient (Wildman–Crippen LogP) is 5.63. The molecule has 162 valence electrons. The van der Waals surface area contributed by atoms with Crippen LogP contribution in [0, 0.1) is 0 Å². The van der Waals surface area contributed by atoms with Crippen LogP contribution in [-0.4, -0.2) is 48.9 Å². The summed E-state index contributed by atoms with van der Waals surface area (Å²) in [7, 11) is 0. The molecule has 0 aromatic rings. The molecule has 0 aromatic heterocycles. The molecule has 0 spiro atoms. The minimum absolute atomic E-state index is 0.0671. The fourth-order valence-electron chi connectivity index (χ4n) is 4.15. The average molecular weight is 393 g/mol. The third-order valence-electron chi connectivity index (χ3n) is 6.05. The first-order valence-electron chi connectivity index (χ1n) is 11.9. The number of aliphatic imine (C=N–C) groups is 1. The van der Waals surface area contributed by atoms with E-state index in [0.717, 1.165) is 43.6 Å². The van der Waals surface area contributed by atoms with Crippen LogP contribution in [0.1, 0.15) is 97.8 Å². The molecular weight excluding hydrogens is 346 g/mol. The second-order valence-corrected chi connectivity index (χ2v) is 8.32. The molecular formula is C24H46N3O+. The highest BCUT2D eigenvalue weighted by Gasteiger charge is 2.35. The van der Waals surface area contributed by atoms with E-state index in [1.807, 2.05) is 0 Å². The van der Waals surface area contributed by atoms with Gasteiger partial charge in [0.25, 0.3) is 0 Å². The van der Waals surface area contributed by atoms with Gasteiger partial charge in [-0.25, -0.2) is 4.99 Å². The molecule has 0 radical (unpaired) electrons. The summed E-state index contributed by atoms with van der Waals surface area (Å²) >= 11 is 0. The second kappa shape index (κ2) is 15.7. The van der Waals surface area contributed by atoms with E-state index in [4.69, 9.17) is 4.99 Å². The summed E-state index contributed by atoms with van der Waals surface area (Å²) in [6, 6.07) is 0. The third-order valence-corrected chi connectivity index (χ3v) is 6.05. The number of unbranched alkanes of at least 4 members (excludes halogenated alkanes) is 9. The molecule has 1 N–H and O–H groups in total. The first-order valence-corrected chi connectivity index (χ1v) is 11.9. The van der Waals surface area contributed by atoms with Gasteiger partial charge in [-0.3, -0.25) is 9.28 Å². The van der Waals surface area contributed by atoms with Crippen molar-refractivity contribution < 1.29 is 9.28 Å². The molecule has 1 amide bonds. The number of nitrogens with one attached hydrogen (secondary N) is 1. The van der Waals surface area contributed by atoms with Crippen LogP contribution < -0.4 is 5.32 Å². The van der Waals surface area contributed by atoms with E-state index in [0.29, 0.717) is 0 Å². The van der Waals surface area contributed by atoms with Crippen molar-refractivity contribution in [1.29, 1.82) is 0 Å². The average Bonchev–Trinajstić information content (AvgIpc) is 3.08. The summed E-state index contributed by atoms with van der Waals surface area (Å²) in [5.74, 6) is 1.44. The summed E-state index contributed by atoms with van der Waals surface area (Å²) in [5, 5.41) is 2.95. The molecule has 4 heteroatoms. The van der Waals surface area contributed by atoms with E-state index in [1.54, 1.807) is 6.92 Å². The molecule has 1 unspecified atom stereocenters. The van der Waals surface area contributed by atoms with Gasteiger partial charge in [-0.05, 0) is 39.0 Å². The molecule has 4 nitrogen and oxygen atoms in total. The summed E-state index contributed by atoms with van der Waals surface area (Å²) in [5.41, 5.74) is 0. The molecule has 1 aliphatic rings. The van der Waals surface area contributed by atoms with Crippen LogP contribution in [0.3, 0.4) is 0 Å². The van der Waals surface area contributed by atoms with Crippen LogP contribution in [0.5, 0.6) is 0 Å². The normalized spacial score (nSPS) is 19.3. The van der Waals surface area contributed by atoms with Crippen molar-refractivity contribution in [3.8, 4) is 0 Å². The van der Waals surface area contributed by atoms with Crippen molar-refractivity contribution in [2.24, 2.45) is 4.99 Å². The molecule has 1 heterocycles. The monoisotopic (exact) mass is 392 g/mol. The lowest BCUT2D eigenvalue weighted by molar-refractivity contribution is -0.833. The number of allylic oxidation sites excluding steroid dienone is 2. The van der Waals surface area contributed by atoms with E-state index in [9.17, 15) is 4.79 Å². The first kappa shape index (κ1) is 24.9. The van der Waals surface area contributed by atoms with Crippen molar-refractivity contribution in [3.05, 3.63) is 12.2 Å². The third kappa shape index (κ3) is 10.4. The summed E-state index contributed by atoms with van der Waals surface area (Å²) < 4.78 is 0.987. The highest BCUT2D eigenvalue weighted by atomic mass is 16.1. The van der Waals surface area contributed by atoms with Gasteiger partial charge in [-0.1, -0.05) is 57.6 Å². The standard InChI is InChI=1S/C24H45N3O/c1-4-6-7-8-9-10-11-12-13-14-15-16-17-18-24-26-20-22-27(24,5-2)21-19-25-23(3)28/h11-12H,4-10,13-22H2,1-3H3/p+1/b12-11+. The Morgan fingerprint density at radius 2 is 1.64 bits per heavy atom. The maximum Gasteiger partial charge on any atom is 0.217 e.